The van der Waals surface area contributed by atoms with Crippen molar-refractivity contribution in [3.05, 3.63) is 58.6 Å². The molecule has 23 heavy (non-hydrogen) atoms. The van der Waals surface area contributed by atoms with Crippen LogP contribution >= 0.6 is 11.6 Å². The van der Waals surface area contributed by atoms with E-state index in [2.05, 4.69) is 57.3 Å². The van der Waals surface area contributed by atoms with Gasteiger partial charge in [-0.05, 0) is 54.2 Å². The molecular weight excluding hydrogens is 306 g/mol. The smallest absolute Gasteiger partial charge is 0.119 e. The Kier molecular flexibility index (Phi) is 5.95. The Hall–Kier alpha value is -1.67. The summed E-state index contributed by atoms with van der Waals surface area (Å²) in [7, 11) is 0. The number of halogens is 1. The van der Waals surface area contributed by atoms with Gasteiger partial charge in [0.1, 0.15) is 12.4 Å². The van der Waals surface area contributed by atoms with Crippen molar-refractivity contribution in [2.45, 2.75) is 39.5 Å². The van der Waals surface area contributed by atoms with Crippen LogP contribution in [0.15, 0.2) is 42.5 Å². The van der Waals surface area contributed by atoms with Gasteiger partial charge in [-0.1, -0.05) is 50.6 Å². The Morgan fingerprint density at radius 2 is 1.78 bits per heavy atom. The second-order valence-corrected chi connectivity index (χ2v) is 6.93. The lowest BCUT2D eigenvalue weighted by atomic mass is 9.82. The Labute approximate surface area is 144 Å². The summed E-state index contributed by atoms with van der Waals surface area (Å²) >= 11 is 6.02. The number of ether oxygens (including phenoxy) is 1. The highest BCUT2D eigenvalue weighted by Gasteiger charge is 2.17. The maximum atomic E-state index is 6.02. The molecule has 3 heteroatoms. The van der Waals surface area contributed by atoms with Crippen molar-refractivity contribution in [2.75, 3.05) is 18.5 Å². The maximum Gasteiger partial charge on any atom is 0.119 e. The number of hydrogen-bond acceptors (Lipinski definition) is 2. The highest BCUT2D eigenvalue weighted by molar-refractivity contribution is 6.30. The summed E-state index contributed by atoms with van der Waals surface area (Å²) in [5, 5.41) is 4.10. The van der Waals surface area contributed by atoms with Crippen LogP contribution in [0.3, 0.4) is 0 Å². The summed E-state index contributed by atoms with van der Waals surface area (Å²) in [4.78, 5) is 0. The molecule has 0 unspecified atom stereocenters. The number of hydrogen-bond donors (Lipinski definition) is 1. The van der Waals surface area contributed by atoms with E-state index < -0.39 is 0 Å². The highest BCUT2D eigenvalue weighted by atomic mass is 35.5. The van der Waals surface area contributed by atoms with Gasteiger partial charge in [-0.25, -0.2) is 0 Å². The summed E-state index contributed by atoms with van der Waals surface area (Å²) in [6, 6.07) is 14.3. The van der Waals surface area contributed by atoms with E-state index in [0.29, 0.717) is 6.61 Å². The van der Waals surface area contributed by atoms with E-state index in [1.165, 1.54) is 11.1 Å². The molecule has 1 N–H and O–H groups in total. The van der Waals surface area contributed by atoms with Crippen molar-refractivity contribution in [3.8, 4) is 5.75 Å². The molecule has 0 fully saturated rings. The molecule has 2 aromatic carbocycles. The van der Waals surface area contributed by atoms with Crippen LogP contribution in [0.4, 0.5) is 5.69 Å². The van der Waals surface area contributed by atoms with E-state index in [9.17, 15) is 0 Å². The van der Waals surface area contributed by atoms with E-state index in [4.69, 9.17) is 16.3 Å². The van der Waals surface area contributed by atoms with Gasteiger partial charge in [0.05, 0.1) is 0 Å². The fourth-order valence-corrected chi connectivity index (χ4v) is 2.52. The summed E-state index contributed by atoms with van der Waals surface area (Å²) in [5.74, 6) is 0.908. The highest BCUT2D eigenvalue weighted by Crippen LogP contribution is 2.28. The molecule has 0 atom stereocenters. The van der Waals surface area contributed by atoms with Gasteiger partial charge < -0.3 is 10.1 Å². The molecule has 0 saturated heterocycles. The van der Waals surface area contributed by atoms with Crippen LogP contribution in [0.2, 0.25) is 5.02 Å². The van der Waals surface area contributed by atoms with Crippen LogP contribution in [-0.4, -0.2) is 13.2 Å². The van der Waals surface area contributed by atoms with Gasteiger partial charge in [-0.15, -0.1) is 0 Å². The molecule has 0 heterocycles. The topological polar surface area (TPSA) is 21.3 Å². The second kappa shape index (κ2) is 7.74. The molecule has 124 valence electrons. The van der Waals surface area contributed by atoms with Crippen LogP contribution in [0.5, 0.6) is 5.75 Å². The summed E-state index contributed by atoms with van der Waals surface area (Å²) < 4.78 is 5.80. The third kappa shape index (κ3) is 4.90. The van der Waals surface area contributed by atoms with Gasteiger partial charge in [0, 0.05) is 17.3 Å². The fourth-order valence-electron chi connectivity index (χ4n) is 2.35. The lowest BCUT2D eigenvalue weighted by Crippen LogP contribution is -2.15. The first-order valence-corrected chi connectivity index (χ1v) is 8.53. The zero-order valence-electron chi connectivity index (χ0n) is 14.4. The van der Waals surface area contributed by atoms with E-state index in [0.717, 1.165) is 29.4 Å². The molecule has 0 amide bonds. The Morgan fingerprint density at radius 1 is 1.09 bits per heavy atom. The number of anilines is 1. The number of rotatable bonds is 7. The normalized spacial score (nSPS) is 11.3. The van der Waals surface area contributed by atoms with Crippen molar-refractivity contribution in [2.24, 2.45) is 0 Å². The van der Waals surface area contributed by atoms with Gasteiger partial charge in [0.25, 0.3) is 0 Å². The molecule has 2 nitrogen and oxygen atoms in total. The molecule has 0 spiro atoms. The Bertz CT molecular complexity index is 635. The minimum atomic E-state index is 0.212. The quantitative estimate of drug-likeness (QED) is 0.645. The Balaban J connectivity index is 1.84. The molecule has 0 radical (unpaired) electrons. The van der Waals surface area contributed by atoms with Crippen LogP contribution in [0.25, 0.3) is 0 Å². The fraction of sp³-hybridized carbons (Fsp3) is 0.400. The third-order valence-electron chi connectivity index (χ3n) is 4.41. The first kappa shape index (κ1) is 17.7. The van der Waals surface area contributed by atoms with Gasteiger partial charge in [0.15, 0.2) is 0 Å². The zero-order chi connectivity index (χ0) is 16.9. The molecule has 2 rings (SSSR count). The molecule has 2 aromatic rings. The number of aryl methyl sites for hydroxylation is 1. The first-order chi connectivity index (χ1) is 10.9. The van der Waals surface area contributed by atoms with Crippen LogP contribution in [0, 0.1) is 6.92 Å². The zero-order valence-corrected chi connectivity index (χ0v) is 15.2. The molecular formula is C20H26ClNO. The monoisotopic (exact) mass is 331 g/mol. The predicted molar refractivity (Wildman–Crippen MR) is 99.9 cm³/mol. The molecule has 0 aliphatic heterocycles. The molecule has 0 bridgehead atoms. The minimum absolute atomic E-state index is 0.212. The van der Waals surface area contributed by atoms with Gasteiger partial charge in [-0.2, -0.15) is 0 Å². The first-order valence-electron chi connectivity index (χ1n) is 8.16. The standard InChI is InChI=1S/C20H26ClNO/c1-5-20(3,4)16-7-10-18(11-8-16)23-13-12-22-19-14-17(21)9-6-15(19)2/h6-11,14,22H,5,12-13H2,1-4H3. The average Bonchev–Trinajstić information content (AvgIpc) is 2.55. The lowest BCUT2D eigenvalue weighted by molar-refractivity contribution is 0.332. The Morgan fingerprint density at radius 3 is 2.43 bits per heavy atom. The summed E-state index contributed by atoms with van der Waals surface area (Å²) in [6.07, 6.45) is 1.12. The van der Waals surface area contributed by atoms with Gasteiger partial charge in [-0.3, -0.25) is 0 Å². The van der Waals surface area contributed by atoms with E-state index in [1.807, 2.05) is 18.2 Å². The average molecular weight is 332 g/mol. The van der Waals surface area contributed by atoms with Gasteiger partial charge in [0.2, 0.25) is 0 Å². The van der Waals surface area contributed by atoms with E-state index in [-0.39, 0.29) is 5.41 Å². The third-order valence-corrected chi connectivity index (χ3v) is 4.64. The van der Waals surface area contributed by atoms with Crippen LogP contribution in [-0.2, 0) is 5.41 Å². The van der Waals surface area contributed by atoms with Crippen molar-refractivity contribution in [3.63, 3.8) is 0 Å². The van der Waals surface area contributed by atoms with Crippen LogP contribution < -0.4 is 10.1 Å². The van der Waals surface area contributed by atoms with Crippen molar-refractivity contribution in [1.29, 1.82) is 0 Å². The SMILES string of the molecule is CCC(C)(C)c1ccc(OCCNc2cc(Cl)ccc2C)cc1. The van der Waals surface area contributed by atoms with Crippen LogP contribution in [0.1, 0.15) is 38.3 Å². The predicted octanol–water partition coefficient (Wildman–Crippen LogP) is 5.83. The molecule has 0 aliphatic rings. The summed E-state index contributed by atoms with van der Waals surface area (Å²) in [6.45, 7) is 10.2. The lowest BCUT2D eigenvalue weighted by Gasteiger charge is -2.23. The second-order valence-electron chi connectivity index (χ2n) is 6.50. The maximum absolute atomic E-state index is 6.02. The van der Waals surface area contributed by atoms with E-state index in [1.54, 1.807) is 0 Å². The molecule has 0 aromatic heterocycles. The van der Waals surface area contributed by atoms with E-state index >= 15 is 0 Å². The summed E-state index contributed by atoms with van der Waals surface area (Å²) in [5.41, 5.74) is 3.80. The number of nitrogens with one attached hydrogen (secondary N) is 1. The minimum Gasteiger partial charge on any atom is -0.492 e. The molecule has 0 aliphatic carbocycles. The van der Waals surface area contributed by atoms with Gasteiger partial charge >= 0.3 is 0 Å². The largest absolute Gasteiger partial charge is 0.492 e. The molecule has 0 saturated carbocycles. The number of benzene rings is 2. The van der Waals surface area contributed by atoms with Crippen molar-refractivity contribution >= 4 is 17.3 Å². The van der Waals surface area contributed by atoms with Crippen molar-refractivity contribution < 1.29 is 4.74 Å². The van der Waals surface area contributed by atoms with Crippen molar-refractivity contribution in [1.82, 2.24) is 0 Å².